The minimum atomic E-state index is -0.487. The monoisotopic (exact) mass is 411 g/mol. The molecule has 2 aliphatic rings. The minimum Gasteiger partial charge on any atom is -0.466 e. The molecule has 0 amide bonds. The molecule has 0 spiro atoms. The molecule has 1 saturated carbocycles. The molecule has 4 rings (SSSR count). The van der Waals surface area contributed by atoms with Crippen LogP contribution in [0.2, 0.25) is 0 Å². The van der Waals surface area contributed by atoms with Crippen LogP contribution in [0.25, 0.3) is 0 Å². The number of allylic oxidation sites excluding steroid dienone is 1. The number of nitrogens with zero attached hydrogens (tertiary/aromatic N) is 1. The van der Waals surface area contributed by atoms with Gasteiger partial charge in [-0.15, -0.1) is 11.3 Å². The second kappa shape index (κ2) is 7.75. The fourth-order valence-electron chi connectivity index (χ4n) is 4.37. The number of aliphatic imine (C=N–C) groups is 1. The van der Waals surface area contributed by atoms with Gasteiger partial charge in [-0.25, -0.2) is 4.79 Å². The fraction of sp³-hybridized carbons (Fsp3) is 0.435. The molecule has 1 fully saturated rings. The number of thiophene rings is 1. The Balaban J connectivity index is 1.79. The number of ether oxygens (including phenoxy) is 1. The van der Waals surface area contributed by atoms with Crippen LogP contribution < -0.4 is 0 Å². The van der Waals surface area contributed by atoms with E-state index in [1.165, 1.54) is 4.88 Å². The number of esters is 1. The molecule has 0 bridgehead atoms. The zero-order valence-corrected chi connectivity index (χ0v) is 17.9. The molecule has 6 heteroatoms. The van der Waals surface area contributed by atoms with Crippen molar-refractivity contribution in [2.75, 3.05) is 0 Å². The van der Waals surface area contributed by atoms with Gasteiger partial charge < -0.3 is 9.15 Å². The average Bonchev–Trinajstić information content (AvgIpc) is 3.31. The van der Waals surface area contributed by atoms with Crippen molar-refractivity contribution in [2.24, 2.45) is 10.9 Å². The standard InChI is InChI=1S/C23H25NO4S/c1-12(2)27-23(26)20-14(4)24-16-10-15(19-6-5-9-29-19)11-17(25)21(16)22(20)18-8-7-13(3)28-18/h5-9,12,15,21-22H,10-11H2,1-4H3/t15-,21?,22-/m0/s1. The van der Waals surface area contributed by atoms with Crippen molar-refractivity contribution < 1.29 is 18.7 Å². The molecule has 1 aliphatic heterocycles. The zero-order valence-electron chi connectivity index (χ0n) is 17.1. The smallest absolute Gasteiger partial charge is 0.336 e. The number of hydrogen-bond donors (Lipinski definition) is 0. The van der Waals surface area contributed by atoms with Crippen LogP contribution in [0.4, 0.5) is 0 Å². The molecule has 3 atom stereocenters. The highest BCUT2D eigenvalue weighted by Crippen LogP contribution is 2.46. The Hall–Kier alpha value is -2.47. The van der Waals surface area contributed by atoms with Crippen LogP contribution in [-0.4, -0.2) is 23.6 Å². The van der Waals surface area contributed by atoms with E-state index in [9.17, 15) is 9.59 Å². The summed E-state index contributed by atoms with van der Waals surface area (Å²) in [4.78, 5) is 32.2. The predicted molar refractivity (Wildman–Crippen MR) is 112 cm³/mol. The molecule has 5 nitrogen and oxygen atoms in total. The largest absolute Gasteiger partial charge is 0.466 e. The topological polar surface area (TPSA) is 68.9 Å². The van der Waals surface area contributed by atoms with Crippen LogP contribution in [0.5, 0.6) is 0 Å². The number of hydrogen-bond acceptors (Lipinski definition) is 6. The van der Waals surface area contributed by atoms with Gasteiger partial charge >= 0.3 is 5.97 Å². The van der Waals surface area contributed by atoms with Crippen molar-refractivity contribution in [1.29, 1.82) is 0 Å². The lowest BCUT2D eigenvalue weighted by atomic mass is 9.68. The first-order valence-electron chi connectivity index (χ1n) is 9.96. The van der Waals surface area contributed by atoms with Crippen molar-refractivity contribution in [2.45, 2.75) is 58.5 Å². The van der Waals surface area contributed by atoms with Crippen LogP contribution in [-0.2, 0) is 14.3 Å². The van der Waals surface area contributed by atoms with Gasteiger partial charge in [0.15, 0.2) is 0 Å². The molecule has 1 unspecified atom stereocenters. The van der Waals surface area contributed by atoms with Gasteiger partial charge in [-0.3, -0.25) is 9.79 Å². The van der Waals surface area contributed by atoms with Crippen molar-refractivity contribution >= 4 is 28.8 Å². The number of Topliss-reactive ketones (excluding diaryl/α,β-unsaturated/α-hetero) is 1. The average molecular weight is 412 g/mol. The molecule has 2 aromatic rings. The maximum Gasteiger partial charge on any atom is 0.336 e. The van der Waals surface area contributed by atoms with Gasteiger partial charge in [0.1, 0.15) is 17.3 Å². The Bertz CT molecular complexity index is 996. The van der Waals surface area contributed by atoms with E-state index in [0.717, 1.165) is 17.9 Å². The van der Waals surface area contributed by atoms with E-state index in [4.69, 9.17) is 14.1 Å². The SMILES string of the molecule is CC1=C(C(=O)OC(C)C)[C@H](c2ccc(C)o2)C2C(=O)C[C@@H](c3cccs3)CC2=N1. The van der Waals surface area contributed by atoms with E-state index >= 15 is 0 Å². The normalized spacial score (nSPS) is 24.5. The molecule has 2 aromatic heterocycles. The van der Waals surface area contributed by atoms with E-state index in [1.807, 2.05) is 51.3 Å². The summed E-state index contributed by atoms with van der Waals surface area (Å²) in [6.07, 6.45) is 0.917. The van der Waals surface area contributed by atoms with Crippen molar-refractivity contribution in [3.63, 3.8) is 0 Å². The second-order valence-electron chi connectivity index (χ2n) is 8.05. The summed E-state index contributed by atoms with van der Waals surface area (Å²) >= 11 is 1.67. The molecule has 0 aromatic carbocycles. The van der Waals surface area contributed by atoms with E-state index in [0.29, 0.717) is 23.5 Å². The van der Waals surface area contributed by atoms with Gasteiger partial charge in [-0.1, -0.05) is 6.07 Å². The zero-order chi connectivity index (χ0) is 20.7. The second-order valence-corrected chi connectivity index (χ2v) is 9.03. The van der Waals surface area contributed by atoms with Crippen molar-refractivity contribution in [3.8, 4) is 0 Å². The number of carbonyl (C=O) groups excluding carboxylic acids is 2. The Kier molecular flexibility index (Phi) is 5.30. The number of fused-ring (bicyclic) bond motifs is 1. The first-order chi connectivity index (χ1) is 13.8. The lowest BCUT2D eigenvalue weighted by Crippen LogP contribution is -2.41. The summed E-state index contributed by atoms with van der Waals surface area (Å²) < 4.78 is 11.4. The molecular weight excluding hydrogens is 386 g/mol. The van der Waals surface area contributed by atoms with E-state index in [2.05, 4.69) is 6.07 Å². The summed E-state index contributed by atoms with van der Waals surface area (Å²) in [5, 5.41) is 2.04. The van der Waals surface area contributed by atoms with Crippen molar-refractivity contribution in [3.05, 3.63) is 57.3 Å². The van der Waals surface area contributed by atoms with Gasteiger partial charge in [0.25, 0.3) is 0 Å². The third kappa shape index (κ3) is 3.73. The van der Waals surface area contributed by atoms with Gasteiger partial charge in [0.2, 0.25) is 0 Å². The lowest BCUT2D eigenvalue weighted by Gasteiger charge is -2.37. The predicted octanol–water partition coefficient (Wildman–Crippen LogP) is 5.18. The Morgan fingerprint density at radius 2 is 2.00 bits per heavy atom. The molecule has 0 radical (unpaired) electrons. The third-order valence-electron chi connectivity index (χ3n) is 5.53. The van der Waals surface area contributed by atoms with E-state index < -0.39 is 17.8 Å². The third-order valence-corrected chi connectivity index (χ3v) is 6.57. The maximum atomic E-state index is 13.3. The molecular formula is C23H25NO4S. The Labute approximate surface area is 174 Å². The number of furan rings is 1. The highest BCUT2D eigenvalue weighted by molar-refractivity contribution is 7.10. The van der Waals surface area contributed by atoms with Crippen LogP contribution in [0.3, 0.4) is 0 Å². The van der Waals surface area contributed by atoms with Gasteiger partial charge in [-0.2, -0.15) is 0 Å². The molecule has 0 N–H and O–H groups in total. The van der Waals surface area contributed by atoms with Crippen LogP contribution >= 0.6 is 11.3 Å². The molecule has 0 saturated heterocycles. The molecule has 1 aliphatic carbocycles. The van der Waals surface area contributed by atoms with Crippen LogP contribution in [0.1, 0.15) is 61.8 Å². The maximum absolute atomic E-state index is 13.3. The first-order valence-corrected chi connectivity index (χ1v) is 10.8. The molecule has 29 heavy (non-hydrogen) atoms. The lowest BCUT2D eigenvalue weighted by molar-refractivity contribution is -0.143. The number of rotatable bonds is 4. The number of ketones is 1. The van der Waals surface area contributed by atoms with Crippen molar-refractivity contribution in [1.82, 2.24) is 0 Å². The summed E-state index contributed by atoms with van der Waals surface area (Å²) in [5.41, 5.74) is 1.89. The Morgan fingerprint density at radius 3 is 2.62 bits per heavy atom. The number of aryl methyl sites for hydroxylation is 1. The first kappa shape index (κ1) is 19.8. The molecule has 152 valence electrons. The highest BCUT2D eigenvalue weighted by Gasteiger charge is 2.47. The van der Waals surface area contributed by atoms with Gasteiger partial charge in [0.05, 0.1) is 23.5 Å². The van der Waals surface area contributed by atoms with Gasteiger partial charge in [0, 0.05) is 28.6 Å². The van der Waals surface area contributed by atoms with E-state index in [-0.39, 0.29) is 17.8 Å². The summed E-state index contributed by atoms with van der Waals surface area (Å²) in [7, 11) is 0. The quantitative estimate of drug-likeness (QED) is 0.651. The molecule has 3 heterocycles. The Morgan fingerprint density at radius 1 is 1.21 bits per heavy atom. The van der Waals surface area contributed by atoms with Gasteiger partial charge in [-0.05, 0) is 57.7 Å². The summed E-state index contributed by atoms with van der Waals surface area (Å²) in [6, 6.07) is 7.81. The summed E-state index contributed by atoms with van der Waals surface area (Å²) in [6.45, 7) is 7.31. The highest BCUT2D eigenvalue weighted by atomic mass is 32.1. The number of carbonyl (C=O) groups is 2. The minimum absolute atomic E-state index is 0.106. The van der Waals surface area contributed by atoms with E-state index in [1.54, 1.807) is 11.3 Å². The van der Waals surface area contributed by atoms with Crippen LogP contribution in [0.15, 0.2) is 50.3 Å². The fourth-order valence-corrected chi connectivity index (χ4v) is 5.20. The van der Waals surface area contributed by atoms with Crippen LogP contribution in [0, 0.1) is 12.8 Å². The summed E-state index contributed by atoms with van der Waals surface area (Å²) in [5.74, 6) is 0.237.